The molecule has 0 amide bonds. The standard InChI is InChI=1S/C13H14N2/c14-13-7-5-12(6-8-13)10-15-9-11-3-1-2-4-11/h1-3,5-8,15H,9-10,14H2. The minimum absolute atomic E-state index is 0.808. The number of nitrogens with one attached hydrogen (secondary N) is 1. The van der Waals surface area contributed by atoms with Gasteiger partial charge in [0.05, 0.1) is 0 Å². The Hall–Kier alpha value is -1.76. The average molecular weight is 198 g/mol. The van der Waals surface area contributed by atoms with Crippen LogP contribution in [0.4, 0.5) is 5.69 Å². The minimum Gasteiger partial charge on any atom is -0.399 e. The molecule has 1 aromatic carbocycles. The van der Waals surface area contributed by atoms with Crippen LogP contribution in [0.5, 0.6) is 0 Å². The van der Waals surface area contributed by atoms with Gasteiger partial charge in [-0.15, -0.1) is 5.73 Å². The molecular formula is C13H14N2. The molecule has 15 heavy (non-hydrogen) atoms. The van der Waals surface area contributed by atoms with E-state index in [4.69, 9.17) is 5.73 Å². The molecular weight excluding hydrogens is 184 g/mol. The van der Waals surface area contributed by atoms with Gasteiger partial charge in [0.2, 0.25) is 0 Å². The first kappa shape index (κ1) is 9.78. The number of anilines is 1. The Balaban J connectivity index is 1.81. The highest BCUT2D eigenvalue weighted by Gasteiger charge is 1.95. The van der Waals surface area contributed by atoms with E-state index < -0.39 is 0 Å². The Morgan fingerprint density at radius 2 is 1.93 bits per heavy atom. The van der Waals surface area contributed by atoms with Crippen LogP contribution in [0.25, 0.3) is 0 Å². The Labute approximate surface area is 89.8 Å². The smallest absolute Gasteiger partial charge is 0.0314 e. The van der Waals surface area contributed by atoms with Crippen molar-refractivity contribution >= 4 is 5.69 Å². The van der Waals surface area contributed by atoms with Crippen LogP contribution < -0.4 is 11.1 Å². The number of rotatable bonds is 4. The summed E-state index contributed by atoms with van der Waals surface area (Å²) in [7, 11) is 0. The number of nitrogens with two attached hydrogens (primary N) is 1. The zero-order valence-corrected chi connectivity index (χ0v) is 8.53. The van der Waals surface area contributed by atoms with Crippen molar-refractivity contribution in [3.63, 3.8) is 0 Å². The van der Waals surface area contributed by atoms with Crippen LogP contribution in [0.1, 0.15) is 5.56 Å². The van der Waals surface area contributed by atoms with Crippen molar-refractivity contribution < 1.29 is 0 Å². The lowest BCUT2D eigenvalue weighted by Crippen LogP contribution is -2.15. The first-order chi connectivity index (χ1) is 7.34. The molecule has 0 aromatic heterocycles. The van der Waals surface area contributed by atoms with Crippen LogP contribution in [-0.4, -0.2) is 6.54 Å². The third-order valence-electron chi connectivity index (χ3n) is 2.29. The molecule has 2 rings (SSSR count). The van der Waals surface area contributed by atoms with Crippen LogP contribution in [0.2, 0.25) is 0 Å². The maximum Gasteiger partial charge on any atom is 0.0314 e. The van der Waals surface area contributed by atoms with Gasteiger partial charge in [0.25, 0.3) is 0 Å². The summed E-state index contributed by atoms with van der Waals surface area (Å²) in [6, 6.07) is 7.92. The zero-order chi connectivity index (χ0) is 10.5. The molecule has 1 aliphatic carbocycles. The summed E-state index contributed by atoms with van der Waals surface area (Å²) >= 11 is 0. The maximum atomic E-state index is 5.61. The van der Waals surface area contributed by atoms with Gasteiger partial charge in [-0.25, -0.2) is 0 Å². The van der Waals surface area contributed by atoms with Crippen LogP contribution in [0, 0.1) is 0 Å². The lowest BCUT2D eigenvalue weighted by molar-refractivity contribution is 0.748. The van der Waals surface area contributed by atoms with Gasteiger partial charge in [-0.3, -0.25) is 0 Å². The van der Waals surface area contributed by atoms with Crippen LogP contribution in [0.15, 0.2) is 53.8 Å². The number of hydrogen-bond donors (Lipinski definition) is 2. The predicted molar refractivity (Wildman–Crippen MR) is 63.3 cm³/mol. The van der Waals surface area contributed by atoms with Gasteiger partial charge in [0, 0.05) is 24.4 Å². The molecule has 0 saturated carbocycles. The van der Waals surface area contributed by atoms with Crippen molar-refractivity contribution in [1.82, 2.24) is 5.32 Å². The van der Waals surface area contributed by atoms with E-state index in [2.05, 4.69) is 17.1 Å². The monoisotopic (exact) mass is 198 g/mol. The molecule has 1 aliphatic rings. The third-order valence-corrected chi connectivity index (χ3v) is 2.29. The second-order valence-electron chi connectivity index (χ2n) is 3.54. The summed E-state index contributed by atoms with van der Waals surface area (Å²) in [5.41, 5.74) is 12.0. The lowest BCUT2D eigenvalue weighted by atomic mass is 10.2. The Morgan fingerprint density at radius 1 is 1.13 bits per heavy atom. The molecule has 0 radical (unpaired) electrons. The van der Waals surface area contributed by atoms with Crippen LogP contribution >= 0.6 is 0 Å². The molecule has 0 aliphatic heterocycles. The normalized spacial score (nSPS) is 13.2. The highest BCUT2D eigenvalue weighted by molar-refractivity contribution is 5.39. The summed E-state index contributed by atoms with van der Waals surface area (Å²) in [5.74, 6) is 0. The Bertz CT molecular complexity index is 420. The van der Waals surface area contributed by atoms with E-state index in [0.29, 0.717) is 0 Å². The van der Waals surface area contributed by atoms with Gasteiger partial charge in [0.15, 0.2) is 0 Å². The SMILES string of the molecule is Nc1ccc(CNCC2=C=CC=C2)cc1. The summed E-state index contributed by atoms with van der Waals surface area (Å²) in [4.78, 5) is 0. The van der Waals surface area contributed by atoms with Gasteiger partial charge in [-0.05, 0) is 29.8 Å². The van der Waals surface area contributed by atoms with Crippen molar-refractivity contribution in [3.05, 3.63) is 59.4 Å². The quantitative estimate of drug-likeness (QED) is 0.573. The van der Waals surface area contributed by atoms with E-state index >= 15 is 0 Å². The van der Waals surface area contributed by atoms with Gasteiger partial charge in [0.1, 0.15) is 0 Å². The molecule has 3 N–H and O–H groups in total. The zero-order valence-electron chi connectivity index (χ0n) is 8.53. The van der Waals surface area contributed by atoms with E-state index in [0.717, 1.165) is 18.8 Å². The van der Waals surface area contributed by atoms with E-state index in [-0.39, 0.29) is 0 Å². The predicted octanol–water partition coefficient (Wildman–Crippen LogP) is 2.01. The molecule has 0 unspecified atom stereocenters. The van der Waals surface area contributed by atoms with E-state index in [1.165, 1.54) is 11.1 Å². The molecule has 0 atom stereocenters. The molecule has 0 spiro atoms. The highest BCUT2D eigenvalue weighted by atomic mass is 14.8. The molecule has 76 valence electrons. The van der Waals surface area contributed by atoms with Crippen LogP contribution in [0.3, 0.4) is 0 Å². The molecule has 0 saturated heterocycles. The summed E-state index contributed by atoms with van der Waals surface area (Å²) in [6.07, 6.45) is 6.00. The number of hydrogen-bond acceptors (Lipinski definition) is 2. The summed E-state index contributed by atoms with van der Waals surface area (Å²) < 4.78 is 0. The molecule has 2 heteroatoms. The molecule has 2 nitrogen and oxygen atoms in total. The van der Waals surface area contributed by atoms with Gasteiger partial charge in [-0.1, -0.05) is 18.2 Å². The first-order valence-electron chi connectivity index (χ1n) is 5.02. The van der Waals surface area contributed by atoms with E-state index in [9.17, 15) is 0 Å². The van der Waals surface area contributed by atoms with Crippen LogP contribution in [-0.2, 0) is 6.54 Å². The second-order valence-corrected chi connectivity index (χ2v) is 3.54. The topological polar surface area (TPSA) is 38.0 Å². The van der Waals surface area contributed by atoms with Crippen molar-refractivity contribution in [2.45, 2.75) is 6.54 Å². The van der Waals surface area contributed by atoms with Crippen molar-refractivity contribution in [3.8, 4) is 0 Å². The fourth-order valence-electron chi connectivity index (χ4n) is 1.45. The van der Waals surface area contributed by atoms with Crippen molar-refractivity contribution in [2.75, 3.05) is 12.3 Å². The largest absolute Gasteiger partial charge is 0.399 e. The molecule has 1 aromatic rings. The maximum absolute atomic E-state index is 5.61. The van der Waals surface area contributed by atoms with Crippen molar-refractivity contribution in [2.24, 2.45) is 0 Å². The molecule has 0 bridgehead atoms. The average Bonchev–Trinajstić information content (AvgIpc) is 2.74. The number of nitrogen functional groups attached to an aromatic ring is 1. The van der Waals surface area contributed by atoms with Gasteiger partial charge >= 0.3 is 0 Å². The molecule has 0 heterocycles. The fourth-order valence-corrected chi connectivity index (χ4v) is 1.45. The fraction of sp³-hybridized carbons (Fsp3) is 0.154. The van der Waals surface area contributed by atoms with E-state index in [1.807, 2.05) is 36.4 Å². The minimum atomic E-state index is 0.808. The number of allylic oxidation sites excluding steroid dienone is 1. The summed E-state index contributed by atoms with van der Waals surface area (Å²) in [6.45, 7) is 1.72. The lowest BCUT2D eigenvalue weighted by Gasteiger charge is -2.04. The van der Waals surface area contributed by atoms with E-state index in [1.54, 1.807) is 0 Å². The third kappa shape index (κ3) is 2.84. The molecule has 0 fully saturated rings. The Kier molecular flexibility index (Phi) is 3.03. The number of benzene rings is 1. The van der Waals surface area contributed by atoms with Gasteiger partial charge < -0.3 is 11.1 Å². The second kappa shape index (κ2) is 4.65. The first-order valence-corrected chi connectivity index (χ1v) is 5.02. The highest BCUT2D eigenvalue weighted by Crippen LogP contribution is 2.05. The summed E-state index contributed by atoms with van der Waals surface area (Å²) in [5, 5.41) is 3.35. The van der Waals surface area contributed by atoms with Gasteiger partial charge in [-0.2, -0.15) is 0 Å². The Morgan fingerprint density at radius 3 is 2.60 bits per heavy atom. The van der Waals surface area contributed by atoms with Crippen molar-refractivity contribution in [1.29, 1.82) is 0 Å².